The fourth-order valence-corrected chi connectivity index (χ4v) is 3.04. The van der Waals surface area contributed by atoms with Crippen molar-refractivity contribution in [2.75, 3.05) is 5.75 Å². The van der Waals surface area contributed by atoms with Gasteiger partial charge in [0.25, 0.3) is 0 Å². The highest BCUT2D eigenvalue weighted by Crippen LogP contribution is 2.26. The lowest BCUT2D eigenvalue weighted by Crippen LogP contribution is -2.23. The van der Waals surface area contributed by atoms with Crippen LogP contribution in [-0.4, -0.2) is 16.8 Å². The number of carboxylic acids is 1. The van der Waals surface area contributed by atoms with Gasteiger partial charge in [0.1, 0.15) is 0 Å². The Morgan fingerprint density at radius 2 is 2.11 bits per heavy atom. The van der Waals surface area contributed by atoms with E-state index < -0.39 is 11.4 Å². The van der Waals surface area contributed by atoms with Crippen LogP contribution < -0.4 is 0 Å². The molecule has 0 fully saturated rings. The van der Waals surface area contributed by atoms with E-state index in [1.54, 1.807) is 13.8 Å². The van der Waals surface area contributed by atoms with Crippen molar-refractivity contribution in [3.63, 3.8) is 0 Å². The highest BCUT2D eigenvalue weighted by Gasteiger charge is 2.25. The second-order valence-corrected chi connectivity index (χ2v) is 7.04. The van der Waals surface area contributed by atoms with Crippen molar-refractivity contribution in [3.05, 3.63) is 28.7 Å². The highest BCUT2D eigenvalue weighted by molar-refractivity contribution is 9.10. The maximum absolute atomic E-state index is 10.9. The molecule has 0 bridgehead atoms. The molecule has 18 heavy (non-hydrogen) atoms. The van der Waals surface area contributed by atoms with Gasteiger partial charge in [-0.25, -0.2) is 0 Å². The van der Waals surface area contributed by atoms with E-state index in [4.69, 9.17) is 5.11 Å². The van der Waals surface area contributed by atoms with Gasteiger partial charge in [0.15, 0.2) is 0 Å². The highest BCUT2D eigenvalue weighted by atomic mass is 79.9. The van der Waals surface area contributed by atoms with Crippen LogP contribution in [0, 0.1) is 5.41 Å². The summed E-state index contributed by atoms with van der Waals surface area (Å²) in [5.74, 6) is 0.328. The minimum absolute atomic E-state index is 0.597. The topological polar surface area (TPSA) is 37.3 Å². The van der Waals surface area contributed by atoms with Crippen LogP contribution >= 0.6 is 27.7 Å². The third-order valence-corrected chi connectivity index (χ3v) is 4.41. The Kier molecular flexibility index (Phi) is 6.22. The Hall–Kier alpha value is -0.480. The molecule has 0 spiro atoms. The number of hydrogen-bond donors (Lipinski definition) is 1. The monoisotopic (exact) mass is 330 g/mol. The minimum atomic E-state index is -0.706. The van der Waals surface area contributed by atoms with Gasteiger partial charge < -0.3 is 5.11 Å². The van der Waals surface area contributed by atoms with E-state index in [0.29, 0.717) is 0 Å². The summed E-state index contributed by atoms with van der Waals surface area (Å²) in [5.41, 5.74) is -0.597. The van der Waals surface area contributed by atoms with Crippen LogP contribution in [0.4, 0.5) is 0 Å². The molecule has 0 saturated carbocycles. The van der Waals surface area contributed by atoms with Crippen LogP contribution in [0.15, 0.2) is 33.6 Å². The summed E-state index contributed by atoms with van der Waals surface area (Å²) in [4.78, 5) is 12.2. The molecule has 1 aromatic carbocycles. The molecule has 0 aliphatic heterocycles. The van der Waals surface area contributed by atoms with Gasteiger partial charge in [-0.1, -0.05) is 28.4 Å². The molecule has 0 amide bonds. The number of aliphatic carboxylic acids is 1. The predicted molar refractivity (Wildman–Crippen MR) is 80.1 cm³/mol. The number of carbonyl (C=O) groups is 1. The van der Waals surface area contributed by atoms with Crippen molar-refractivity contribution in [3.8, 4) is 0 Å². The zero-order valence-electron chi connectivity index (χ0n) is 10.8. The molecule has 0 heterocycles. The summed E-state index contributed by atoms with van der Waals surface area (Å²) in [7, 11) is 0. The molecule has 0 aliphatic carbocycles. The Morgan fingerprint density at radius 1 is 1.39 bits per heavy atom. The zero-order valence-corrected chi connectivity index (χ0v) is 13.2. The van der Waals surface area contributed by atoms with Crippen molar-refractivity contribution in [2.24, 2.45) is 5.41 Å². The van der Waals surface area contributed by atoms with Crippen LogP contribution in [0.5, 0.6) is 0 Å². The summed E-state index contributed by atoms with van der Waals surface area (Å²) >= 11 is 5.26. The van der Waals surface area contributed by atoms with Gasteiger partial charge in [0.05, 0.1) is 5.41 Å². The Morgan fingerprint density at radius 3 is 2.72 bits per heavy atom. The van der Waals surface area contributed by atoms with Gasteiger partial charge >= 0.3 is 5.97 Å². The second kappa shape index (κ2) is 7.19. The molecule has 100 valence electrons. The fraction of sp³-hybridized carbons (Fsp3) is 0.500. The van der Waals surface area contributed by atoms with Gasteiger partial charge in [-0.05, 0) is 50.6 Å². The first-order valence-corrected chi connectivity index (χ1v) is 7.81. The normalized spacial score (nSPS) is 11.5. The van der Waals surface area contributed by atoms with E-state index >= 15 is 0 Å². The van der Waals surface area contributed by atoms with E-state index in [0.717, 1.165) is 29.5 Å². The molecule has 0 aromatic heterocycles. The van der Waals surface area contributed by atoms with Gasteiger partial charge in [0.2, 0.25) is 0 Å². The number of thioether (sulfide) groups is 1. The molecule has 1 N–H and O–H groups in total. The quantitative estimate of drug-likeness (QED) is 0.575. The molecule has 0 aliphatic rings. The van der Waals surface area contributed by atoms with Crippen molar-refractivity contribution in [1.29, 1.82) is 0 Å². The third-order valence-electron chi connectivity index (χ3n) is 2.84. The van der Waals surface area contributed by atoms with E-state index in [1.165, 1.54) is 4.90 Å². The molecule has 0 radical (unpaired) electrons. The molecular weight excluding hydrogens is 312 g/mol. The van der Waals surface area contributed by atoms with Crippen LogP contribution in [0.1, 0.15) is 33.1 Å². The van der Waals surface area contributed by atoms with Gasteiger partial charge in [-0.15, -0.1) is 11.8 Å². The lowest BCUT2D eigenvalue weighted by molar-refractivity contribution is -0.147. The Balaban J connectivity index is 2.22. The number of carboxylic acid groups (broad SMARTS) is 1. The zero-order chi connectivity index (χ0) is 13.6. The SMILES string of the molecule is CC(C)(CCCCSc1cccc(Br)c1)C(=O)O. The summed E-state index contributed by atoms with van der Waals surface area (Å²) in [5, 5.41) is 9.00. The molecule has 1 rings (SSSR count). The number of rotatable bonds is 7. The Labute approximate surface area is 121 Å². The molecule has 0 unspecified atom stereocenters. The fourth-order valence-electron chi connectivity index (χ4n) is 1.52. The van der Waals surface area contributed by atoms with E-state index in [1.807, 2.05) is 23.9 Å². The summed E-state index contributed by atoms with van der Waals surface area (Å²) in [6, 6.07) is 8.24. The third kappa shape index (κ3) is 5.44. The van der Waals surface area contributed by atoms with Crippen LogP contribution in [0.3, 0.4) is 0 Å². The predicted octanol–water partition coefficient (Wildman–Crippen LogP) is 4.82. The Bertz CT molecular complexity index is 405. The molecule has 4 heteroatoms. The van der Waals surface area contributed by atoms with Crippen molar-refractivity contribution >= 4 is 33.7 Å². The number of halogens is 1. The van der Waals surface area contributed by atoms with Crippen molar-refractivity contribution in [2.45, 2.75) is 38.0 Å². The van der Waals surface area contributed by atoms with E-state index in [-0.39, 0.29) is 0 Å². The summed E-state index contributed by atoms with van der Waals surface area (Å²) in [6.07, 6.45) is 2.75. The maximum atomic E-state index is 10.9. The molecule has 0 atom stereocenters. The molecular formula is C14H19BrO2S. The number of hydrogen-bond acceptors (Lipinski definition) is 2. The second-order valence-electron chi connectivity index (χ2n) is 4.95. The van der Waals surface area contributed by atoms with Crippen molar-refractivity contribution < 1.29 is 9.90 Å². The largest absolute Gasteiger partial charge is 0.481 e. The van der Waals surface area contributed by atoms with Crippen LogP contribution in [0.2, 0.25) is 0 Å². The first kappa shape index (κ1) is 15.6. The van der Waals surface area contributed by atoms with Gasteiger partial charge in [-0.2, -0.15) is 0 Å². The van der Waals surface area contributed by atoms with Crippen molar-refractivity contribution in [1.82, 2.24) is 0 Å². The lowest BCUT2D eigenvalue weighted by atomic mass is 9.88. The molecule has 0 saturated heterocycles. The standard InChI is InChI=1S/C14H19BrO2S/c1-14(2,13(16)17)8-3-4-9-18-12-7-5-6-11(15)10-12/h5-7,10H,3-4,8-9H2,1-2H3,(H,16,17). The smallest absolute Gasteiger partial charge is 0.309 e. The van der Waals surface area contributed by atoms with Crippen LogP contribution in [0.25, 0.3) is 0 Å². The molecule has 1 aromatic rings. The van der Waals surface area contributed by atoms with Gasteiger partial charge in [0, 0.05) is 9.37 Å². The van der Waals surface area contributed by atoms with E-state index in [9.17, 15) is 4.79 Å². The minimum Gasteiger partial charge on any atom is -0.481 e. The van der Waals surface area contributed by atoms with E-state index in [2.05, 4.69) is 28.1 Å². The van der Waals surface area contributed by atoms with Crippen LogP contribution in [-0.2, 0) is 4.79 Å². The summed E-state index contributed by atoms with van der Waals surface area (Å²) < 4.78 is 1.10. The maximum Gasteiger partial charge on any atom is 0.309 e. The summed E-state index contributed by atoms with van der Waals surface area (Å²) in [6.45, 7) is 3.58. The molecule has 2 nitrogen and oxygen atoms in total. The average Bonchev–Trinajstić information content (AvgIpc) is 2.28. The van der Waals surface area contributed by atoms with Gasteiger partial charge in [-0.3, -0.25) is 4.79 Å². The average molecular weight is 331 g/mol. The number of unbranched alkanes of at least 4 members (excludes halogenated alkanes) is 1. The lowest BCUT2D eigenvalue weighted by Gasteiger charge is -2.18. The first-order valence-electron chi connectivity index (χ1n) is 6.03. The number of benzene rings is 1. The first-order chi connectivity index (χ1) is 8.42.